The fourth-order valence-electron chi connectivity index (χ4n) is 3.62. The van der Waals surface area contributed by atoms with E-state index in [1.807, 2.05) is 6.08 Å². The molecule has 2 atom stereocenters. The summed E-state index contributed by atoms with van der Waals surface area (Å²) in [4.78, 5) is 10.5. The molecule has 3 nitrogen and oxygen atoms in total. The first-order valence-electron chi connectivity index (χ1n) is 10.7. The zero-order valence-electron chi connectivity index (χ0n) is 17.0. The highest BCUT2D eigenvalue weighted by Gasteiger charge is 2.15. The zero-order valence-corrected chi connectivity index (χ0v) is 17.0. The largest absolute Gasteiger partial charge is 0.481 e. The second-order valence-electron chi connectivity index (χ2n) is 7.54. The monoisotopic (exact) mass is 374 g/mol. The van der Waals surface area contributed by atoms with Crippen molar-refractivity contribution >= 4 is 5.97 Å². The van der Waals surface area contributed by atoms with Crippen molar-refractivity contribution in [1.29, 1.82) is 0 Å². The lowest BCUT2D eigenvalue weighted by molar-refractivity contribution is -0.137. The topological polar surface area (TPSA) is 57.5 Å². The Balaban J connectivity index is 2.38. The lowest BCUT2D eigenvalue weighted by Gasteiger charge is -2.12. The highest BCUT2D eigenvalue weighted by molar-refractivity contribution is 5.66. The summed E-state index contributed by atoms with van der Waals surface area (Å²) in [5, 5.41) is 18.9. The van der Waals surface area contributed by atoms with E-state index in [1.165, 1.54) is 12.0 Å². The third-order valence-corrected chi connectivity index (χ3v) is 5.30. The minimum Gasteiger partial charge on any atom is -0.481 e. The van der Waals surface area contributed by atoms with Crippen LogP contribution in [0, 0.1) is 5.92 Å². The molecule has 0 aromatic carbocycles. The summed E-state index contributed by atoms with van der Waals surface area (Å²) in [6, 6.07) is 0. The van der Waals surface area contributed by atoms with Crippen LogP contribution in [0.1, 0.15) is 84.0 Å². The van der Waals surface area contributed by atoms with Crippen LogP contribution in [0.2, 0.25) is 0 Å². The normalized spacial score (nSPS) is 18.7. The van der Waals surface area contributed by atoms with Crippen molar-refractivity contribution in [1.82, 2.24) is 0 Å². The molecule has 152 valence electrons. The fourth-order valence-corrected chi connectivity index (χ4v) is 3.62. The molecule has 1 rings (SSSR count). The average molecular weight is 375 g/mol. The number of unbranched alkanes of at least 4 members (excludes halogenated alkanes) is 5. The minimum absolute atomic E-state index is 0.288. The summed E-state index contributed by atoms with van der Waals surface area (Å²) in [7, 11) is 0. The maximum Gasteiger partial charge on any atom is 0.303 e. The van der Waals surface area contributed by atoms with Crippen molar-refractivity contribution in [2.75, 3.05) is 0 Å². The highest BCUT2D eigenvalue weighted by Crippen LogP contribution is 2.31. The van der Waals surface area contributed by atoms with Crippen molar-refractivity contribution in [3.05, 3.63) is 48.1 Å². The molecule has 0 aromatic heterocycles. The molecule has 0 saturated heterocycles. The van der Waals surface area contributed by atoms with Crippen LogP contribution in [-0.2, 0) is 4.79 Å². The van der Waals surface area contributed by atoms with Crippen LogP contribution >= 0.6 is 0 Å². The summed E-state index contributed by atoms with van der Waals surface area (Å²) in [5.41, 5.74) is 2.42. The quantitative estimate of drug-likeness (QED) is 0.199. The van der Waals surface area contributed by atoms with E-state index in [-0.39, 0.29) is 6.42 Å². The van der Waals surface area contributed by atoms with E-state index in [4.69, 9.17) is 5.11 Å². The van der Waals surface area contributed by atoms with E-state index in [0.717, 1.165) is 69.8 Å². The second kappa shape index (κ2) is 14.4. The Hall–Kier alpha value is -1.61. The Labute approximate surface area is 165 Å². The summed E-state index contributed by atoms with van der Waals surface area (Å²) >= 11 is 0. The van der Waals surface area contributed by atoms with Gasteiger partial charge in [-0.2, -0.15) is 0 Å². The molecule has 1 aliphatic rings. The van der Waals surface area contributed by atoms with E-state index in [1.54, 1.807) is 6.08 Å². The molecule has 0 aliphatic heterocycles. The number of carboxylic acid groups (broad SMARTS) is 1. The van der Waals surface area contributed by atoms with Gasteiger partial charge in [-0.3, -0.25) is 4.79 Å². The molecule has 0 radical (unpaired) electrons. The number of allylic oxidation sites excluding steroid dienone is 5. The Bertz CT molecular complexity index is 528. The number of hydrogen-bond donors (Lipinski definition) is 2. The first-order chi connectivity index (χ1) is 13.1. The smallest absolute Gasteiger partial charge is 0.303 e. The van der Waals surface area contributed by atoms with Crippen LogP contribution < -0.4 is 0 Å². The maximum atomic E-state index is 10.5. The lowest BCUT2D eigenvalue weighted by Crippen LogP contribution is -2.08. The Morgan fingerprint density at radius 3 is 2.74 bits per heavy atom. The molecular weight excluding hydrogens is 336 g/mol. The second-order valence-corrected chi connectivity index (χ2v) is 7.54. The third kappa shape index (κ3) is 10.3. The van der Waals surface area contributed by atoms with Gasteiger partial charge in [-0.05, 0) is 50.0 Å². The fraction of sp³-hybridized carbons (Fsp3) is 0.625. The number of carbonyl (C=O) groups is 1. The standard InChI is InChI=1S/C24H38O3/c1-3-5-8-18-23(25)20(4-2)14-11-15-22-17-12-16-21(22)13-9-6-7-10-19-24(26)27/h4,11,14-16,22-23,25H,2-3,5-10,12-13,17-19H2,1H3,(H,26,27)/b15-11+,20-14+/t22-,23?/m0/s1. The van der Waals surface area contributed by atoms with Crippen LogP contribution in [0.4, 0.5) is 0 Å². The molecule has 27 heavy (non-hydrogen) atoms. The van der Waals surface area contributed by atoms with Gasteiger partial charge >= 0.3 is 5.97 Å². The Kier molecular flexibility index (Phi) is 12.5. The summed E-state index contributed by atoms with van der Waals surface area (Å²) in [6.45, 7) is 6.01. The van der Waals surface area contributed by atoms with Gasteiger partial charge in [0.2, 0.25) is 0 Å². The summed E-state index contributed by atoms with van der Waals surface area (Å²) in [6.07, 6.45) is 22.0. The van der Waals surface area contributed by atoms with Gasteiger partial charge in [-0.1, -0.05) is 81.6 Å². The first kappa shape index (κ1) is 23.4. The van der Waals surface area contributed by atoms with Gasteiger partial charge in [0.1, 0.15) is 0 Å². The summed E-state index contributed by atoms with van der Waals surface area (Å²) in [5.74, 6) is -0.190. The maximum absolute atomic E-state index is 10.5. The number of rotatable bonds is 15. The minimum atomic E-state index is -0.693. The van der Waals surface area contributed by atoms with E-state index in [2.05, 4.69) is 31.7 Å². The molecular formula is C24H38O3. The molecule has 0 heterocycles. The van der Waals surface area contributed by atoms with Gasteiger partial charge in [0.15, 0.2) is 0 Å². The molecule has 0 saturated carbocycles. The number of aliphatic hydroxyl groups is 1. The van der Waals surface area contributed by atoms with Crippen molar-refractivity contribution in [3.63, 3.8) is 0 Å². The number of hydrogen-bond acceptors (Lipinski definition) is 2. The number of aliphatic carboxylic acids is 1. The van der Waals surface area contributed by atoms with Gasteiger partial charge in [-0.25, -0.2) is 0 Å². The van der Waals surface area contributed by atoms with Crippen LogP contribution in [-0.4, -0.2) is 22.3 Å². The molecule has 0 aromatic rings. The van der Waals surface area contributed by atoms with Gasteiger partial charge in [0, 0.05) is 6.42 Å². The van der Waals surface area contributed by atoms with E-state index < -0.39 is 12.1 Å². The van der Waals surface area contributed by atoms with Gasteiger partial charge in [0.05, 0.1) is 6.10 Å². The van der Waals surface area contributed by atoms with Crippen LogP contribution in [0.3, 0.4) is 0 Å². The van der Waals surface area contributed by atoms with Crippen LogP contribution in [0.25, 0.3) is 0 Å². The predicted octanol–water partition coefficient (Wildman–Crippen LogP) is 6.36. The Morgan fingerprint density at radius 2 is 2.04 bits per heavy atom. The highest BCUT2D eigenvalue weighted by atomic mass is 16.4. The molecule has 0 spiro atoms. The van der Waals surface area contributed by atoms with E-state index in [9.17, 15) is 9.90 Å². The molecule has 2 N–H and O–H groups in total. The molecule has 1 aliphatic carbocycles. The average Bonchev–Trinajstić information content (AvgIpc) is 3.08. The van der Waals surface area contributed by atoms with E-state index in [0.29, 0.717) is 5.92 Å². The van der Waals surface area contributed by atoms with Gasteiger partial charge in [-0.15, -0.1) is 0 Å². The van der Waals surface area contributed by atoms with Gasteiger partial charge < -0.3 is 10.2 Å². The molecule has 0 bridgehead atoms. The number of carboxylic acids is 1. The van der Waals surface area contributed by atoms with Crippen molar-refractivity contribution in [2.45, 2.75) is 90.1 Å². The van der Waals surface area contributed by atoms with Crippen molar-refractivity contribution < 1.29 is 15.0 Å². The third-order valence-electron chi connectivity index (χ3n) is 5.30. The first-order valence-corrected chi connectivity index (χ1v) is 10.7. The molecule has 0 fully saturated rings. The van der Waals surface area contributed by atoms with Crippen LogP contribution in [0.15, 0.2) is 48.1 Å². The summed E-state index contributed by atoms with van der Waals surface area (Å²) < 4.78 is 0. The SMILES string of the molecule is C=C/C(=C\C=C\[C@H]1CCC=C1CCCCCCC(=O)O)C(O)CCCCC. The van der Waals surface area contributed by atoms with Crippen molar-refractivity contribution in [3.8, 4) is 0 Å². The van der Waals surface area contributed by atoms with E-state index >= 15 is 0 Å². The van der Waals surface area contributed by atoms with Crippen LogP contribution in [0.5, 0.6) is 0 Å². The van der Waals surface area contributed by atoms with Gasteiger partial charge in [0.25, 0.3) is 0 Å². The number of aliphatic hydroxyl groups excluding tert-OH is 1. The molecule has 3 heteroatoms. The predicted molar refractivity (Wildman–Crippen MR) is 114 cm³/mol. The Morgan fingerprint density at radius 1 is 1.26 bits per heavy atom. The van der Waals surface area contributed by atoms with Crippen molar-refractivity contribution in [2.24, 2.45) is 5.92 Å². The lowest BCUT2D eigenvalue weighted by atomic mass is 9.95. The molecule has 0 amide bonds. The molecule has 1 unspecified atom stereocenters. The zero-order chi connectivity index (χ0) is 19.9.